The molecule has 0 amide bonds. The molecule has 7 aromatic carbocycles. The minimum absolute atomic E-state index is 0.0647. The average molecular weight is 627 g/mol. The Morgan fingerprint density at radius 3 is 2.08 bits per heavy atom. The molecule has 3 nitrogen and oxygen atoms in total. The molecule has 0 spiro atoms. The van der Waals surface area contributed by atoms with E-state index in [0.717, 1.165) is 33.5 Å². The summed E-state index contributed by atoms with van der Waals surface area (Å²) in [6, 6.07) is 57.9. The van der Waals surface area contributed by atoms with Gasteiger partial charge in [-0.3, -0.25) is 0 Å². The fourth-order valence-corrected chi connectivity index (χ4v) is 7.65. The molecule has 0 N–H and O–H groups in total. The highest BCUT2D eigenvalue weighted by Crippen LogP contribution is 2.56. The molecule has 0 radical (unpaired) electrons. The van der Waals surface area contributed by atoms with E-state index in [9.17, 15) is 0 Å². The highest BCUT2D eigenvalue weighted by Gasteiger charge is 2.41. The molecule has 1 aliphatic carbocycles. The third-order valence-electron chi connectivity index (χ3n) is 10.1. The van der Waals surface area contributed by atoms with E-state index in [0.29, 0.717) is 5.82 Å². The molecule has 1 aromatic heterocycles. The monoisotopic (exact) mass is 626 g/mol. The van der Waals surface area contributed by atoms with Gasteiger partial charge in [-0.05, 0) is 75.0 Å². The minimum Gasteiger partial charge on any atom is -0.484 e. The molecule has 10 rings (SSSR count). The second-order valence-corrected chi connectivity index (χ2v) is 12.9. The fourth-order valence-electron chi connectivity index (χ4n) is 7.65. The van der Waals surface area contributed by atoms with Crippen LogP contribution in [-0.4, -0.2) is 9.97 Å². The summed E-state index contributed by atoms with van der Waals surface area (Å²) < 4.78 is 6.73. The third kappa shape index (κ3) is 4.66. The van der Waals surface area contributed by atoms with Crippen LogP contribution in [0.4, 0.5) is 0 Å². The summed E-state index contributed by atoms with van der Waals surface area (Å²) in [6.07, 6.45) is 2.25. The maximum atomic E-state index is 6.73. The SMILES string of the molecule is C1=C(c2ccccc2)C2c3cc(-c4nc(-c5ccc(-c6ccc7ccccc7c6)cc5)c5ccccc5n4)ccc3OC2c2ccccc21. The molecule has 2 aliphatic rings. The van der Waals surface area contributed by atoms with E-state index in [1.54, 1.807) is 0 Å². The molecule has 0 saturated carbocycles. The number of nitrogens with zero attached hydrogens (tertiary/aromatic N) is 2. The second kappa shape index (κ2) is 11.1. The van der Waals surface area contributed by atoms with Crippen molar-refractivity contribution >= 4 is 33.3 Å². The number of hydrogen-bond acceptors (Lipinski definition) is 3. The Morgan fingerprint density at radius 1 is 0.469 bits per heavy atom. The van der Waals surface area contributed by atoms with Crippen molar-refractivity contribution in [3.63, 3.8) is 0 Å². The van der Waals surface area contributed by atoms with Gasteiger partial charge in [0.1, 0.15) is 11.9 Å². The van der Waals surface area contributed by atoms with Gasteiger partial charge < -0.3 is 4.74 Å². The van der Waals surface area contributed by atoms with Crippen LogP contribution in [0.3, 0.4) is 0 Å². The van der Waals surface area contributed by atoms with Gasteiger partial charge in [0.2, 0.25) is 0 Å². The summed E-state index contributed by atoms with van der Waals surface area (Å²) >= 11 is 0. The smallest absolute Gasteiger partial charge is 0.160 e. The van der Waals surface area contributed by atoms with Gasteiger partial charge in [-0.2, -0.15) is 0 Å². The van der Waals surface area contributed by atoms with Gasteiger partial charge in [0.15, 0.2) is 5.82 Å². The van der Waals surface area contributed by atoms with Gasteiger partial charge in [0.25, 0.3) is 0 Å². The molecule has 2 unspecified atom stereocenters. The molecule has 2 heterocycles. The van der Waals surface area contributed by atoms with Crippen LogP contribution in [-0.2, 0) is 0 Å². The summed E-state index contributed by atoms with van der Waals surface area (Å²) in [4.78, 5) is 10.4. The number of ether oxygens (including phenoxy) is 1. The maximum absolute atomic E-state index is 6.73. The average Bonchev–Trinajstić information content (AvgIpc) is 3.57. The number of benzene rings is 7. The Bertz CT molecular complexity index is 2590. The Hall–Kier alpha value is -6.32. The van der Waals surface area contributed by atoms with Crippen molar-refractivity contribution in [2.45, 2.75) is 12.0 Å². The van der Waals surface area contributed by atoms with Crippen LogP contribution in [0.1, 0.15) is 34.3 Å². The van der Waals surface area contributed by atoms with Crippen molar-refractivity contribution in [1.29, 1.82) is 0 Å². The van der Waals surface area contributed by atoms with Crippen molar-refractivity contribution in [3.05, 3.63) is 186 Å². The number of rotatable bonds is 4. The number of fused-ring (bicyclic) bond motifs is 7. The minimum atomic E-state index is -0.0872. The molecule has 230 valence electrons. The Labute approximate surface area is 284 Å². The molecular formula is C46H30N2O. The van der Waals surface area contributed by atoms with Crippen LogP contribution in [0, 0.1) is 0 Å². The zero-order valence-corrected chi connectivity index (χ0v) is 26.6. The second-order valence-electron chi connectivity index (χ2n) is 12.9. The summed E-state index contributed by atoms with van der Waals surface area (Å²) in [5.74, 6) is 1.69. The van der Waals surface area contributed by atoms with Crippen LogP contribution in [0.15, 0.2) is 164 Å². The molecule has 0 bridgehead atoms. The molecule has 8 aromatic rings. The van der Waals surface area contributed by atoms with E-state index in [2.05, 4.69) is 164 Å². The maximum Gasteiger partial charge on any atom is 0.160 e. The molecular weight excluding hydrogens is 597 g/mol. The zero-order valence-electron chi connectivity index (χ0n) is 26.6. The topological polar surface area (TPSA) is 35.0 Å². The Balaban J connectivity index is 1.07. The van der Waals surface area contributed by atoms with E-state index in [-0.39, 0.29) is 12.0 Å². The summed E-state index contributed by atoms with van der Waals surface area (Å²) in [5.41, 5.74) is 12.4. The third-order valence-corrected chi connectivity index (χ3v) is 10.1. The predicted molar refractivity (Wildman–Crippen MR) is 200 cm³/mol. The quantitative estimate of drug-likeness (QED) is 0.195. The molecule has 49 heavy (non-hydrogen) atoms. The van der Waals surface area contributed by atoms with Crippen LogP contribution < -0.4 is 4.74 Å². The summed E-state index contributed by atoms with van der Waals surface area (Å²) in [7, 11) is 0. The van der Waals surface area contributed by atoms with Crippen molar-refractivity contribution in [2.75, 3.05) is 0 Å². The van der Waals surface area contributed by atoms with Gasteiger partial charge in [-0.15, -0.1) is 0 Å². The van der Waals surface area contributed by atoms with E-state index in [4.69, 9.17) is 14.7 Å². The van der Waals surface area contributed by atoms with E-state index in [1.165, 1.54) is 49.7 Å². The van der Waals surface area contributed by atoms with Crippen LogP contribution >= 0.6 is 0 Å². The highest BCUT2D eigenvalue weighted by atomic mass is 16.5. The number of hydrogen-bond donors (Lipinski definition) is 0. The molecule has 0 fully saturated rings. The molecule has 0 saturated heterocycles. The first-order valence-corrected chi connectivity index (χ1v) is 16.8. The lowest BCUT2D eigenvalue weighted by atomic mass is 9.76. The van der Waals surface area contributed by atoms with Crippen LogP contribution in [0.5, 0.6) is 5.75 Å². The van der Waals surface area contributed by atoms with Crippen molar-refractivity contribution < 1.29 is 4.74 Å². The van der Waals surface area contributed by atoms with Crippen LogP contribution in [0.25, 0.3) is 67.1 Å². The predicted octanol–water partition coefficient (Wildman–Crippen LogP) is 11.6. The van der Waals surface area contributed by atoms with Gasteiger partial charge in [0.05, 0.1) is 17.1 Å². The first kappa shape index (κ1) is 27.8. The van der Waals surface area contributed by atoms with E-state index in [1.807, 2.05) is 6.07 Å². The summed E-state index contributed by atoms with van der Waals surface area (Å²) in [5, 5.41) is 3.52. The largest absolute Gasteiger partial charge is 0.484 e. The van der Waals surface area contributed by atoms with Gasteiger partial charge in [-0.25, -0.2) is 9.97 Å². The van der Waals surface area contributed by atoms with Gasteiger partial charge >= 0.3 is 0 Å². The molecule has 2 atom stereocenters. The van der Waals surface area contributed by atoms with E-state index >= 15 is 0 Å². The van der Waals surface area contributed by atoms with Crippen molar-refractivity contribution in [2.24, 2.45) is 0 Å². The summed E-state index contributed by atoms with van der Waals surface area (Å²) in [6.45, 7) is 0. The Kier molecular flexibility index (Phi) is 6.31. The first-order chi connectivity index (χ1) is 24.3. The Morgan fingerprint density at radius 2 is 1.18 bits per heavy atom. The lowest BCUT2D eigenvalue weighted by molar-refractivity contribution is 0.226. The lowest BCUT2D eigenvalue weighted by Crippen LogP contribution is -2.16. The normalized spacial score (nSPS) is 16.0. The van der Waals surface area contributed by atoms with Gasteiger partial charge in [-0.1, -0.05) is 133 Å². The zero-order chi connectivity index (χ0) is 32.3. The lowest BCUT2D eigenvalue weighted by Gasteiger charge is -2.28. The first-order valence-electron chi connectivity index (χ1n) is 16.8. The number of para-hydroxylation sites is 1. The molecule has 1 aliphatic heterocycles. The van der Waals surface area contributed by atoms with Crippen molar-refractivity contribution in [3.8, 4) is 39.5 Å². The number of aromatic nitrogens is 2. The standard InChI is InChI=1S/C46H30N2O/c1-2-11-31(12-3-1)39-27-35-14-6-7-15-37(35)45-43(39)40-28-36(24-25-42(40)49-45)46-47-41-17-9-8-16-38(41)44(48-46)32-21-18-30(19-22-32)34-23-20-29-10-4-5-13-33(29)26-34/h1-28,43,45H. The highest BCUT2D eigenvalue weighted by molar-refractivity contribution is 5.95. The molecule has 3 heteroatoms. The van der Waals surface area contributed by atoms with Gasteiger partial charge in [0, 0.05) is 27.6 Å². The van der Waals surface area contributed by atoms with E-state index < -0.39 is 0 Å². The van der Waals surface area contributed by atoms with Crippen molar-refractivity contribution in [1.82, 2.24) is 9.97 Å². The van der Waals surface area contributed by atoms with Crippen LogP contribution in [0.2, 0.25) is 0 Å². The fraction of sp³-hybridized carbons (Fsp3) is 0.0435.